The van der Waals surface area contributed by atoms with Crippen LogP contribution in [0.3, 0.4) is 0 Å². The normalized spacial score (nSPS) is 10.4. The lowest BCUT2D eigenvalue weighted by molar-refractivity contribution is -0.384. The van der Waals surface area contributed by atoms with Crippen LogP contribution >= 0.6 is 0 Å². The quantitative estimate of drug-likeness (QED) is 0.513. The second-order valence-electron chi connectivity index (χ2n) is 5.61. The third-order valence-corrected chi connectivity index (χ3v) is 3.81. The number of furan rings is 1. The predicted molar refractivity (Wildman–Crippen MR) is 93.5 cm³/mol. The van der Waals surface area contributed by atoms with E-state index in [0.29, 0.717) is 11.3 Å². The molecule has 0 aliphatic heterocycles. The van der Waals surface area contributed by atoms with Crippen LogP contribution in [-0.4, -0.2) is 10.8 Å². The van der Waals surface area contributed by atoms with Crippen LogP contribution < -0.4 is 4.90 Å². The molecule has 3 aromatic rings. The standard InChI is InChI=1S/C19H16N2O4/c1-14-4-8-16(9-5-14)20(13-18-3-2-12-25-18)19(22)15-6-10-17(11-7-15)21(23)24/h2-12H,13H2,1H3. The van der Waals surface area contributed by atoms with Gasteiger partial charge >= 0.3 is 0 Å². The van der Waals surface area contributed by atoms with E-state index >= 15 is 0 Å². The monoisotopic (exact) mass is 336 g/mol. The summed E-state index contributed by atoms with van der Waals surface area (Å²) >= 11 is 0. The topological polar surface area (TPSA) is 76.6 Å². The molecule has 0 saturated carbocycles. The second kappa shape index (κ2) is 7.00. The summed E-state index contributed by atoms with van der Waals surface area (Å²) in [5, 5.41) is 10.8. The number of nitrogens with zero attached hydrogens (tertiary/aromatic N) is 2. The van der Waals surface area contributed by atoms with E-state index in [2.05, 4.69) is 0 Å². The van der Waals surface area contributed by atoms with Crippen LogP contribution in [0.15, 0.2) is 71.3 Å². The molecule has 0 aliphatic rings. The molecule has 0 atom stereocenters. The van der Waals surface area contributed by atoms with Gasteiger partial charge in [-0.25, -0.2) is 0 Å². The summed E-state index contributed by atoms with van der Waals surface area (Å²) in [6.45, 7) is 2.24. The van der Waals surface area contributed by atoms with Gasteiger partial charge in [0, 0.05) is 23.4 Å². The molecule has 2 aromatic carbocycles. The maximum absolute atomic E-state index is 13.0. The van der Waals surface area contributed by atoms with Gasteiger partial charge < -0.3 is 9.32 Å². The molecule has 0 unspecified atom stereocenters. The maximum atomic E-state index is 13.0. The fraction of sp³-hybridized carbons (Fsp3) is 0.105. The van der Waals surface area contributed by atoms with Gasteiger partial charge in [-0.05, 0) is 43.3 Å². The van der Waals surface area contributed by atoms with Gasteiger partial charge in [-0.1, -0.05) is 17.7 Å². The Morgan fingerprint density at radius 1 is 1.08 bits per heavy atom. The van der Waals surface area contributed by atoms with E-state index in [9.17, 15) is 14.9 Å². The first kappa shape index (κ1) is 16.4. The largest absolute Gasteiger partial charge is 0.467 e. The maximum Gasteiger partial charge on any atom is 0.269 e. The molecule has 25 heavy (non-hydrogen) atoms. The zero-order valence-electron chi connectivity index (χ0n) is 13.6. The van der Waals surface area contributed by atoms with Gasteiger partial charge in [0.1, 0.15) is 5.76 Å². The summed E-state index contributed by atoms with van der Waals surface area (Å²) < 4.78 is 5.36. The molecular weight excluding hydrogens is 320 g/mol. The van der Waals surface area contributed by atoms with Gasteiger partial charge in [-0.3, -0.25) is 14.9 Å². The van der Waals surface area contributed by atoms with Crippen LogP contribution in [0.4, 0.5) is 11.4 Å². The fourth-order valence-electron chi connectivity index (χ4n) is 2.44. The smallest absolute Gasteiger partial charge is 0.269 e. The number of hydrogen-bond acceptors (Lipinski definition) is 4. The van der Waals surface area contributed by atoms with Gasteiger partial charge in [0.05, 0.1) is 17.7 Å². The summed E-state index contributed by atoms with van der Waals surface area (Å²) in [7, 11) is 0. The van der Waals surface area contributed by atoms with Gasteiger partial charge in [0.15, 0.2) is 0 Å². The summed E-state index contributed by atoms with van der Waals surface area (Å²) in [5.74, 6) is 0.394. The number of rotatable bonds is 5. The Morgan fingerprint density at radius 3 is 2.32 bits per heavy atom. The molecule has 126 valence electrons. The van der Waals surface area contributed by atoms with Crippen molar-refractivity contribution < 1.29 is 14.1 Å². The fourth-order valence-corrected chi connectivity index (χ4v) is 2.44. The summed E-state index contributed by atoms with van der Waals surface area (Å²) in [4.78, 5) is 24.8. The molecule has 3 rings (SSSR count). The molecular formula is C19H16N2O4. The third kappa shape index (κ3) is 3.74. The van der Waals surface area contributed by atoms with Gasteiger partial charge in [-0.15, -0.1) is 0 Å². The molecule has 6 nitrogen and oxygen atoms in total. The van der Waals surface area contributed by atoms with Crippen molar-refractivity contribution in [2.75, 3.05) is 4.90 Å². The molecule has 0 radical (unpaired) electrons. The first-order valence-corrected chi connectivity index (χ1v) is 7.70. The Bertz CT molecular complexity index is 869. The minimum Gasteiger partial charge on any atom is -0.467 e. The lowest BCUT2D eigenvalue weighted by atomic mass is 10.1. The molecule has 0 N–H and O–H groups in total. The van der Waals surface area contributed by atoms with Crippen molar-refractivity contribution >= 4 is 17.3 Å². The average Bonchev–Trinajstić information content (AvgIpc) is 3.13. The van der Waals surface area contributed by atoms with Crippen LogP contribution in [0, 0.1) is 17.0 Å². The van der Waals surface area contributed by atoms with E-state index in [-0.39, 0.29) is 18.1 Å². The van der Waals surface area contributed by atoms with Crippen molar-refractivity contribution in [1.82, 2.24) is 0 Å². The van der Waals surface area contributed by atoms with E-state index in [1.54, 1.807) is 23.3 Å². The van der Waals surface area contributed by atoms with Crippen molar-refractivity contribution in [3.63, 3.8) is 0 Å². The minimum absolute atomic E-state index is 0.0514. The Balaban J connectivity index is 1.93. The highest BCUT2D eigenvalue weighted by Gasteiger charge is 2.20. The number of hydrogen-bond donors (Lipinski definition) is 0. The van der Waals surface area contributed by atoms with Crippen molar-refractivity contribution in [2.24, 2.45) is 0 Å². The predicted octanol–water partition coefficient (Wildman–Crippen LogP) is 4.34. The molecule has 1 heterocycles. The number of amides is 1. The molecule has 0 fully saturated rings. The molecule has 0 saturated heterocycles. The third-order valence-electron chi connectivity index (χ3n) is 3.81. The van der Waals surface area contributed by atoms with Crippen molar-refractivity contribution in [1.29, 1.82) is 0 Å². The zero-order chi connectivity index (χ0) is 17.8. The van der Waals surface area contributed by atoms with Gasteiger partial charge in [0.25, 0.3) is 11.6 Å². The molecule has 0 bridgehead atoms. The van der Waals surface area contributed by atoms with Crippen LogP contribution in [0.25, 0.3) is 0 Å². The number of nitro benzene ring substituents is 1. The van der Waals surface area contributed by atoms with E-state index in [4.69, 9.17) is 4.42 Å². The Hall–Kier alpha value is -3.41. The molecule has 6 heteroatoms. The number of carbonyl (C=O) groups excluding carboxylic acids is 1. The van der Waals surface area contributed by atoms with E-state index < -0.39 is 4.92 Å². The van der Waals surface area contributed by atoms with Crippen molar-refractivity contribution in [3.05, 3.63) is 93.9 Å². The Labute approximate surface area is 144 Å². The number of non-ortho nitro benzene ring substituents is 1. The highest BCUT2D eigenvalue weighted by Crippen LogP contribution is 2.22. The van der Waals surface area contributed by atoms with Crippen LogP contribution in [0.5, 0.6) is 0 Å². The summed E-state index contributed by atoms with van der Waals surface area (Å²) in [6, 6.07) is 16.7. The lowest BCUT2D eigenvalue weighted by Gasteiger charge is -2.22. The summed E-state index contributed by atoms with van der Waals surface area (Å²) in [5.41, 5.74) is 2.14. The van der Waals surface area contributed by atoms with Crippen LogP contribution in [0.2, 0.25) is 0 Å². The lowest BCUT2D eigenvalue weighted by Crippen LogP contribution is -2.30. The number of anilines is 1. The van der Waals surface area contributed by atoms with Crippen LogP contribution in [0.1, 0.15) is 21.7 Å². The van der Waals surface area contributed by atoms with E-state index in [1.165, 1.54) is 24.3 Å². The van der Waals surface area contributed by atoms with Crippen molar-refractivity contribution in [2.45, 2.75) is 13.5 Å². The second-order valence-corrected chi connectivity index (χ2v) is 5.61. The highest BCUT2D eigenvalue weighted by atomic mass is 16.6. The first-order chi connectivity index (χ1) is 12.0. The Kier molecular flexibility index (Phi) is 4.61. The van der Waals surface area contributed by atoms with E-state index in [1.807, 2.05) is 31.2 Å². The number of carbonyl (C=O) groups is 1. The molecule has 0 spiro atoms. The molecule has 0 aliphatic carbocycles. The summed E-state index contributed by atoms with van der Waals surface area (Å²) in [6.07, 6.45) is 1.55. The average molecular weight is 336 g/mol. The van der Waals surface area contributed by atoms with Crippen LogP contribution in [-0.2, 0) is 6.54 Å². The first-order valence-electron chi connectivity index (χ1n) is 7.70. The van der Waals surface area contributed by atoms with E-state index in [0.717, 1.165) is 11.3 Å². The SMILES string of the molecule is Cc1ccc(N(Cc2ccco2)C(=O)c2ccc([N+](=O)[O-])cc2)cc1. The minimum atomic E-state index is -0.491. The van der Waals surface area contributed by atoms with Crippen molar-refractivity contribution in [3.8, 4) is 0 Å². The number of benzene rings is 2. The highest BCUT2D eigenvalue weighted by molar-refractivity contribution is 6.06. The Morgan fingerprint density at radius 2 is 1.76 bits per heavy atom. The molecule has 1 amide bonds. The molecule has 1 aromatic heterocycles. The number of aryl methyl sites for hydroxylation is 1. The number of nitro groups is 1. The van der Waals surface area contributed by atoms with Gasteiger partial charge in [0.2, 0.25) is 0 Å². The van der Waals surface area contributed by atoms with Gasteiger partial charge in [-0.2, -0.15) is 0 Å². The zero-order valence-corrected chi connectivity index (χ0v) is 13.6.